The van der Waals surface area contributed by atoms with E-state index in [4.69, 9.17) is 10.5 Å². The number of nitrogens with two attached hydrogens (primary N) is 1. The van der Waals surface area contributed by atoms with Crippen LogP contribution in [-0.2, 0) is 9.53 Å². The lowest BCUT2D eigenvalue weighted by Gasteiger charge is -2.37. The van der Waals surface area contributed by atoms with Crippen LogP contribution in [0.5, 0.6) is 0 Å². The molecule has 0 radical (unpaired) electrons. The van der Waals surface area contributed by atoms with Gasteiger partial charge in [-0.2, -0.15) is 0 Å². The molecule has 3 unspecified atom stereocenters. The number of hydrogen-bond acceptors (Lipinski definition) is 4. The van der Waals surface area contributed by atoms with E-state index in [-0.39, 0.29) is 17.9 Å². The fourth-order valence-electron chi connectivity index (χ4n) is 3.51. The van der Waals surface area contributed by atoms with E-state index in [0.29, 0.717) is 12.0 Å². The van der Waals surface area contributed by atoms with Gasteiger partial charge < -0.3 is 15.8 Å². The molecule has 0 spiro atoms. The van der Waals surface area contributed by atoms with Gasteiger partial charge in [-0.15, -0.1) is 0 Å². The molecule has 3 atom stereocenters. The van der Waals surface area contributed by atoms with Crippen molar-refractivity contribution in [3.05, 3.63) is 0 Å². The summed E-state index contributed by atoms with van der Waals surface area (Å²) in [6, 6.07) is 0.602. The highest BCUT2D eigenvalue weighted by molar-refractivity contribution is 5.78. The minimum Gasteiger partial charge on any atom is -0.379 e. The molecular formula is C16H31N3O2. The first-order valence-electron chi connectivity index (χ1n) is 8.43. The predicted octanol–water partition coefficient (Wildman–Crippen LogP) is 0.977. The van der Waals surface area contributed by atoms with Crippen molar-refractivity contribution in [2.24, 2.45) is 17.6 Å². The Kier molecular flexibility index (Phi) is 6.45. The fraction of sp³-hybridized carbons (Fsp3) is 0.938. The summed E-state index contributed by atoms with van der Waals surface area (Å²) in [6.07, 6.45) is 3.97. The number of rotatable bonds is 5. The van der Waals surface area contributed by atoms with Gasteiger partial charge in [0, 0.05) is 37.6 Å². The van der Waals surface area contributed by atoms with Gasteiger partial charge in [0.25, 0.3) is 0 Å². The van der Waals surface area contributed by atoms with Crippen LogP contribution in [0.1, 0.15) is 39.5 Å². The van der Waals surface area contributed by atoms with Crippen molar-refractivity contribution in [1.29, 1.82) is 0 Å². The number of morpholine rings is 1. The van der Waals surface area contributed by atoms with Gasteiger partial charge in [-0.1, -0.05) is 20.3 Å². The Morgan fingerprint density at radius 3 is 2.67 bits per heavy atom. The van der Waals surface area contributed by atoms with Crippen LogP contribution >= 0.6 is 0 Å². The Balaban J connectivity index is 1.81. The lowest BCUT2D eigenvalue weighted by Crippen LogP contribution is -2.52. The molecule has 1 aliphatic carbocycles. The molecule has 1 heterocycles. The van der Waals surface area contributed by atoms with Gasteiger partial charge in [0.05, 0.1) is 13.2 Å². The van der Waals surface area contributed by atoms with E-state index in [1.165, 1.54) is 0 Å². The second kappa shape index (κ2) is 8.11. The highest BCUT2D eigenvalue weighted by Crippen LogP contribution is 2.23. The van der Waals surface area contributed by atoms with Crippen LogP contribution in [-0.4, -0.2) is 55.7 Å². The molecule has 5 heteroatoms. The summed E-state index contributed by atoms with van der Waals surface area (Å²) in [5.74, 6) is 0.840. The van der Waals surface area contributed by atoms with Crippen LogP contribution in [0, 0.1) is 11.8 Å². The molecule has 5 nitrogen and oxygen atoms in total. The number of hydrogen-bond donors (Lipinski definition) is 2. The SMILES string of the molecule is CC(C)C(CNC(=O)C1CCCC(N)C1)N1CCOCC1. The molecule has 0 bridgehead atoms. The van der Waals surface area contributed by atoms with E-state index in [9.17, 15) is 4.79 Å². The van der Waals surface area contributed by atoms with E-state index in [1.807, 2.05) is 0 Å². The average Bonchev–Trinajstić information content (AvgIpc) is 2.48. The molecule has 2 rings (SSSR count). The fourth-order valence-corrected chi connectivity index (χ4v) is 3.51. The van der Waals surface area contributed by atoms with Gasteiger partial charge >= 0.3 is 0 Å². The Morgan fingerprint density at radius 1 is 1.33 bits per heavy atom. The van der Waals surface area contributed by atoms with E-state index in [1.54, 1.807) is 0 Å². The maximum atomic E-state index is 12.3. The topological polar surface area (TPSA) is 67.6 Å². The third-order valence-corrected chi connectivity index (χ3v) is 4.86. The molecule has 122 valence electrons. The van der Waals surface area contributed by atoms with E-state index in [0.717, 1.165) is 58.5 Å². The summed E-state index contributed by atoms with van der Waals surface area (Å²) >= 11 is 0. The summed E-state index contributed by atoms with van der Waals surface area (Å²) in [7, 11) is 0. The maximum absolute atomic E-state index is 12.3. The van der Waals surface area contributed by atoms with Crippen molar-refractivity contribution >= 4 is 5.91 Å². The Labute approximate surface area is 128 Å². The molecule has 21 heavy (non-hydrogen) atoms. The number of nitrogens with zero attached hydrogens (tertiary/aromatic N) is 1. The van der Waals surface area contributed by atoms with Crippen molar-refractivity contribution < 1.29 is 9.53 Å². The van der Waals surface area contributed by atoms with E-state index >= 15 is 0 Å². The van der Waals surface area contributed by atoms with Gasteiger partial charge in [-0.3, -0.25) is 9.69 Å². The van der Waals surface area contributed by atoms with Crippen molar-refractivity contribution in [3.63, 3.8) is 0 Å². The number of ether oxygens (including phenoxy) is 1. The molecule has 1 amide bonds. The maximum Gasteiger partial charge on any atom is 0.223 e. The van der Waals surface area contributed by atoms with Gasteiger partial charge in [0.2, 0.25) is 5.91 Å². The Morgan fingerprint density at radius 2 is 2.05 bits per heavy atom. The summed E-state index contributed by atoms with van der Waals surface area (Å²) in [5, 5.41) is 3.17. The van der Waals surface area contributed by atoms with Gasteiger partial charge in [0.1, 0.15) is 0 Å². The number of nitrogens with one attached hydrogen (secondary N) is 1. The van der Waals surface area contributed by atoms with E-state index < -0.39 is 0 Å². The Hall–Kier alpha value is -0.650. The van der Waals surface area contributed by atoms with Gasteiger partial charge in [-0.25, -0.2) is 0 Å². The molecular weight excluding hydrogens is 266 g/mol. The summed E-state index contributed by atoms with van der Waals surface area (Å²) in [4.78, 5) is 14.8. The third kappa shape index (κ3) is 4.94. The second-order valence-electron chi connectivity index (χ2n) is 6.83. The number of amides is 1. The lowest BCUT2D eigenvalue weighted by atomic mass is 9.85. The normalized spacial score (nSPS) is 29.3. The zero-order valence-electron chi connectivity index (χ0n) is 13.5. The van der Waals surface area contributed by atoms with Crippen LogP contribution in [0.25, 0.3) is 0 Å². The summed E-state index contributed by atoms with van der Waals surface area (Å²) in [6.45, 7) is 8.72. The molecule has 3 N–H and O–H groups in total. The molecule has 1 aliphatic heterocycles. The third-order valence-electron chi connectivity index (χ3n) is 4.86. The van der Waals surface area contributed by atoms with Crippen LogP contribution in [0.4, 0.5) is 0 Å². The van der Waals surface area contributed by atoms with Crippen molar-refractivity contribution in [3.8, 4) is 0 Å². The number of carbonyl (C=O) groups is 1. The molecule has 1 saturated heterocycles. The first-order chi connectivity index (χ1) is 10.1. The molecule has 0 aromatic rings. The predicted molar refractivity (Wildman–Crippen MR) is 84.0 cm³/mol. The zero-order chi connectivity index (χ0) is 15.2. The van der Waals surface area contributed by atoms with Crippen LogP contribution in [0.2, 0.25) is 0 Å². The van der Waals surface area contributed by atoms with Gasteiger partial charge in [-0.05, 0) is 25.2 Å². The quantitative estimate of drug-likeness (QED) is 0.794. The molecule has 2 fully saturated rings. The first-order valence-corrected chi connectivity index (χ1v) is 8.43. The molecule has 0 aromatic carbocycles. The van der Waals surface area contributed by atoms with Crippen LogP contribution in [0.3, 0.4) is 0 Å². The first kappa shape index (κ1) is 16.7. The minimum atomic E-state index is 0.117. The number of carbonyl (C=O) groups excluding carboxylic acids is 1. The summed E-state index contributed by atoms with van der Waals surface area (Å²) in [5.41, 5.74) is 5.98. The van der Waals surface area contributed by atoms with Crippen molar-refractivity contribution in [2.45, 2.75) is 51.6 Å². The highest BCUT2D eigenvalue weighted by Gasteiger charge is 2.28. The lowest BCUT2D eigenvalue weighted by molar-refractivity contribution is -0.126. The molecule has 0 aromatic heterocycles. The Bertz CT molecular complexity index is 329. The van der Waals surface area contributed by atoms with Crippen LogP contribution in [0.15, 0.2) is 0 Å². The molecule has 1 saturated carbocycles. The summed E-state index contributed by atoms with van der Waals surface area (Å²) < 4.78 is 5.42. The zero-order valence-corrected chi connectivity index (χ0v) is 13.5. The van der Waals surface area contributed by atoms with Crippen LogP contribution < -0.4 is 11.1 Å². The van der Waals surface area contributed by atoms with Crippen molar-refractivity contribution in [2.75, 3.05) is 32.8 Å². The van der Waals surface area contributed by atoms with E-state index in [2.05, 4.69) is 24.1 Å². The average molecular weight is 297 g/mol. The minimum absolute atomic E-state index is 0.117. The smallest absolute Gasteiger partial charge is 0.223 e. The molecule has 2 aliphatic rings. The standard InChI is InChI=1S/C16H31N3O2/c1-12(2)15(19-6-8-21-9-7-19)11-18-16(20)13-4-3-5-14(17)10-13/h12-15H,3-11,17H2,1-2H3,(H,18,20). The largest absolute Gasteiger partial charge is 0.379 e. The van der Waals surface area contributed by atoms with Gasteiger partial charge in [0.15, 0.2) is 0 Å². The van der Waals surface area contributed by atoms with Crippen molar-refractivity contribution in [1.82, 2.24) is 10.2 Å². The monoisotopic (exact) mass is 297 g/mol. The highest BCUT2D eigenvalue weighted by atomic mass is 16.5. The second-order valence-corrected chi connectivity index (χ2v) is 6.83.